The zero-order chi connectivity index (χ0) is 12.1. The van der Waals surface area contributed by atoms with Gasteiger partial charge < -0.3 is 20.1 Å². The van der Waals surface area contributed by atoms with E-state index >= 15 is 0 Å². The van der Waals surface area contributed by atoms with Crippen LogP contribution in [0, 0.1) is 5.82 Å². The van der Waals surface area contributed by atoms with Crippen LogP contribution in [0.2, 0.25) is 0 Å². The average Bonchev–Trinajstić information content (AvgIpc) is 2.38. The molecule has 1 aromatic carbocycles. The molecule has 1 saturated heterocycles. The lowest BCUT2D eigenvalue weighted by atomic mass is 10.2. The van der Waals surface area contributed by atoms with Gasteiger partial charge in [0.15, 0.2) is 0 Å². The Labute approximate surface area is 100 Å². The third-order valence-corrected chi connectivity index (χ3v) is 2.70. The summed E-state index contributed by atoms with van der Waals surface area (Å²) in [5.74, 6) is 0.365. The van der Waals surface area contributed by atoms with E-state index in [1.807, 2.05) is 0 Å². The summed E-state index contributed by atoms with van der Waals surface area (Å²) in [5.41, 5.74) is 0.667. The molecule has 0 amide bonds. The summed E-state index contributed by atoms with van der Waals surface area (Å²) in [6, 6.07) is 4.67. The molecule has 1 unspecified atom stereocenters. The highest BCUT2D eigenvalue weighted by atomic mass is 19.1. The van der Waals surface area contributed by atoms with Crippen LogP contribution in [0.5, 0.6) is 5.75 Å². The fraction of sp³-hybridized carbons (Fsp3) is 0.500. The van der Waals surface area contributed by atoms with E-state index in [0.29, 0.717) is 24.6 Å². The van der Waals surface area contributed by atoms with E-state index < -0.39 is 0 Å². The molecule has 1 aromatic rings. The third kappa shape index (κ3) is 3.31. The van der Waals surface area contributed by atoms with Crippen molar-refractivity contribution in [2.24, 2.45) is 0 Å². The second kappa shape index (κ2) is 5.84. The summed E-state index contributed by atoms with van der Waals surface area (Å²) in [6.45, 7) is 2.96. The van der Waals surface area contributed by atoms with Gasteiger partial charge in [-0.25, -0.2) is 4.39 Å². The van der Waals surface area contributed by atoms with E-state index in [9.17, 15) is 4.39 Å². The number of anilines is 1. The Morgan fingerprint density at radius 3 is 3.18 bits per heavy atom. The van der Waals surface area contributed by atoms with Gasteiger partial charge in [0.25, 0.3) is 0 Å². The molecule has 0 saturated carbocycles. The van der Waals surface area contributed by atoms with Gasteiger partial charge in [-0.1, -0.05) is 0 Å². The van der Waals surface area contributed by atoms with Crippen molar-refractivity contribution in [3.8, 4) is 5.75 Å². The molecular formula is C12H17FN2O2. The van der Waals surface area contributed by atoms with E-state index in [-0.39, 0.29) is 11.9 Å². The molecule has 1 aliphatic rings. The minimum atomic E-state index is -0.277. The Morgan fingerprint density at radius 2 is 2.47 bits per heavy atom. The first-order valence-electron chi connectivity index (χ1n) is 5.68. The largest absolute Gasteiger partial charge is 0.495 e. The highest BCUT2D eigenvalue weighted by molar-refractivity contribution is 5.56. The molecule has 0 aliphatic carbocycles. The first kappa shape index (κ1) is 12.1. The molecule has 1 atom stereocenters. The molecule has 1 heterocycles. The quantitative estimate of drug-likeness (QED) is 0.831. The van der Waals surface area contributed by atoms with Crippen LogP contribution < -0.4 is 15.4 Å². The van der Waals surface area contributed by atoms with Crippen LogP contribution in [-0.2, 0) is 4.74 Å². The summed E-state index contributed by atoms with van der Waals surface area (Å²) in [6.07, 6.45) is 0. The van der Waals surface area contributed by atoms with Gasteiger partial charge in [0.05, 0.1) is 26.0 Å². The lowest BCUT2D eigenvalue weighted by Crippen LogP contribution is -2.45. The van der Waals surface area contributed by atoms with Crippen molar-refractivity contribution in [2.75, 3.05) is 38.7 Å². The van der Waals surface area contributed by atoms with Gasteiger partial charge in [0.1, 0.15) is 11.6 Å². The molecule has 0 aromatic heterocycles. The number of benzene rings is 1. The molecule has 2 rings (SSSR count). The van der Waals surface area contributed by atoms with Crippen molar-refractivity contribution in [2.45, 2.75) is 6.04 Å². The van der Waals surface area contributed by atoms with Crippen molar-refractivity contribution in [3.05, 3.63) is 24.0 Å². The Morgan fingerprint density at radius 1 is 1.59 bits per heavy atom. The first-order chi connectivity index (χ1) is 8.29. The predicted molar refractivity (Wildman–Crippen MR) is 64.1 cm³/mol. The molecule has 0 radical (unpaired) electrons. The maximum Gasteiger partial charge on any atom is 0.142 e. The molecule has 0 spiro atoms. The summed E-state index contributed by atoms with van der Waals surface area (Å²) < 4.78 is 23.6. The summed E-state index contributed by atoms with van der Waals surface area (Å²) in [5, 5.41) is 6.49. The standard InChI is InChI=1S/C12H17FN2O2/c1-16-12-3-2-9(13)6-11(12)15-7-10-8-17-5-4-14-10/h2-3,6,10,14-15H,4-5,7-8H2,1H3. The second-order valence-electron chi connectivity index (χ2n) is 3.95. The van der Waals surface area contributed by atoms with Gasteiger partial charge in [-0.3, -0.25) is 0 Å². The van der Waals surface area contributed by atoms with Crippen LogP contribution in [0.15, 0.2) is 18.2 Å². The lowest BCUT2D eigenvalue weighted by Gasteiger charge is -2.24. The minimum absolute atomic E-state index is 0.247. The molecule has 4 nitrogen and oxygen atoms in total. The SMILES string of the molecule is COc1ccc(F)cc1NCC1COCCN1. The number of hydrogen-bond donors (Lipinski definition) is 2. The van der Waals surface area contributed by atoms with Crippen molar-refractivity contribution >= 4 is 5.69 Å². The molecule has 94 valence electrons. The fourth-order valence-corrected chi connectivity index (χ4v) is 1.80. The molecule has 17 heavy (non-hydrogen) atoms. The third-order valence-electron chi connectivity index (χ3n) is 2.70. The summed E-state index contributed by atoms with van der Waals surface area (Å²) in [7, 11) is 1.57. The van der Waals surface area contributed by atoms with E-state index in [2.05, 4.69) is 10.6 Å². The normalized spacial score (nSPS) is 20.0. The number of halogens is 1. The maximum atomic E-state index is 13.1. The van der Waals surface area contributed by atoms with Gasteiger partial charge >= 0.3 is 0 Å². The number of rotatable bonds is 4. The molecular weight excluding hydrogens is 223 g/mol. The predicted octanol–water partition coefficient (Wildman–Crippen LogP) is 1.23. The Bertz CT molecular complexity index is 368. The Kier molecular flexibility index (Phi) is 4.17. The van der Waals surface area contributed by atoms with Crippen LogP contribution in [0.1, 0.15) is 0 Å². The Balaban J connectivity index is 1.95. The summed E-state index contributed by atoms with van der Waals surface area (Å²) in [4.78, 5) is 0. The molecule has 1 fully saturated rings. The zero-order valence-electron chi connectivity index (χ0n) is 9.83. The van der Waals surface area contributed by atoms with Crippen LogP contribution in [0.3, 0.4) is 0 Å². The number of morpholine rings is 1. The minimum Gasteiger partial charge on any atom is -0.495 e. The number of methoxy groups -OCH3 is 1. The van der Waals surface area contributed by atoms with Crippen LogP contribution in [0.4, 0.5) is 10.1 Å². The van der Waals surface area contributed by atoms with Crippen molar-refractivity contribution < 1.29 is 13.9 Å². The van der Waals surface area contributed by atoms with E-state index in [0.717, 1.165) is 13.2 Å². The van der Waals surface area contributed by atoms with Crippen molar-refractivity contribution in [3.63, 3.8) is 0 Å². The Hall–Kier alpha value is -1.33. The molecule has 5 heteroatoms. The van der Waals surface area contributed by atoms with Crippen LogP contribution >= 0.6 is 0 Å². The van der Waals surface area contributed by atoms with Crippen LogP contribution in [-0.4, -0.2) is 39.5 Å². The van der Waals surface area contributed by atoms with Gasteiger partial charge in [0.2, 0.25) is 0 Å². The van der Waals surface area contributed by atoms with Gasteiger partial charge in [-0.2, -0.15) is 0 Å². The molecule has 2 N–H and O–H groups in total. The number of ether oxygens (including phenoxy) is 2. The van der Waals surface area contributed by atoms with E-state index in [4.69, 9.17) is 9.47 Å². The van der Waals surface area contributed by atoms with Gasteiger partial charge in [0, 0.05) is 25.2 Å². The number of nitrogens with one attached hydrogen (secondary N) is 2. The lowest BCUT2D eigenvalue weighted by molar-refractivity contribution is 0.0806. The number of hydrogen-bond acceptors (Lipinski definition) is 4. The van der Waals surface area contributed by atoms with Gasteiger partial charge in [-0.15, -0.1) is 0 Å². The molecule has 0 bridgehead atoms. The smallest absolute Gasteiger partial charge is 0.142 e. The first-order valence-corrected chi connectivity index (χ1v) is 5.68. The maximum absolute atomic E-state index is 13.1. The molecule has 1 aliphatic heterocycles. The van der Waals surface area contributed by atoms with E-state index in [1.165, 1.54) is 12.1 Å². The van der Waals surface area contributed by atoms with Crippen molar-refractivity contribution in [1.29, 1.82) is 0 Å². The topological polar surface area (TPSA) is 42.5 Å². The van der Waals surface area contributed by atoms with Crippen molar-refractivity contribution in [1.82, 2.24) is 5.32 Å². The highest BCUT2D eigenvalue weighted by Gasteiger charge is 2.13. The average molecular weight is 240 g/mol. The van der Waals surface area contributed by atoms with E-state index in [1.54, 1.807) is 13.2 Å². The second-order valence-corrected chi connectivity index (χ2v) is 3.95. The monoisotopic (exact) mass is 240 g/mol. The highest BCUT2D eigenvalue weighted by Crippen LogP contribution is 2.24. The zero-order valence-corrected chi connectivity index (χ0v) is 9.83. The van der Waals surface area contributed by atoms with Crippen LogP contribution in [0.25, 0.3) is 0 Å². The fourth-order valence-electron chi connectivity index (χ4n) is 1.80. The summed E-state index contributed by atoms with van der Waals surface area (Å²) >= 11 is 0. The van der Waals surface area contributed by atoms with Gasteiger partial charge in [-0.05, 0) is 12.1 Å².